The van der Waals surface area contributed by atoms with E-state index in [9.17, 15) is 4.79 Å². The van der Waals surface area contributed by atoms with Crippen LogP contribution in [-0.2, 0) is 4.79 Å². The molecule has 0 saturated carbocycles. The Morgan fingerprint density at radius 3 is 2.31 bits per heavy atom. The van der Waals surface area contributed by atoms with Crippen molar-refractivity contribution in [2.45, 2.75) is 51.1 Å². The highest BCUT2D eigenvalue weighted by atomic mass is 32.2. The quantitative estimate of drug-likeness (QED) is 0.528. The molecule has 3 rings (SSSR count). The van der Waals surface area contributed by atoms with Gasteiger partial charge in [-0.05, 0) is 64.1 Å². The van der Waals surface area contributed by atoms with Crippen LogP contribution in [-0.4, -0.2) is 31.9 Å². The number of thioether (sulfide) groups is 1. The lowest BCUT2D eigenvalue weighted by Gasteiger charge is -2.10. The number of rotatable bonds is 8. The van der Waals surface area contributed by atoms with Crippen LogP contribution >= 0.6 is 11.8 Å². The zero-order valence-corrected chi connectivity index (χ0v) is 18.1. The molecule has 1 heterocycles. The Morgan fingerprint density at radius 1 is 1.03 bits per heavy atom. The highest BCUT2D eigenvalue weighted by Crippen LogP contribution is 2.22. The summed E-state index contributed by atoms with van der Waals surface area (Å²) >= 11 is 1.31. The summed E-state index contributed by atoms with van der Waals surface area (Å²) in [5.41, 5.74) is 4.21. The first-order valence-electron chi connectivity index (χ1n) is 9.89. The zero-order valence-electron chi connectivity index (χ0n) is 17.3. The van der Waals surface area contributed by atoms with Crippen molar-refractivity contribution in [3.63, 3.8) is 0 Å². The van der Waals surface area contributed by atoms with Crippen LogP contribution in [0.25, 0.3) is 5.69 Å². The number of hydrogen-bond donors (Lipinski definition) is 1. The van der Waals surface area contributed by atoms with Crippen LogP contribution in [0.4, 0.5) is 5.69 Å². The van der Waals surface area contributed by atoms with Gasteiger partial charge in [0.15, 0.2) is 0 Å². The predicted octanol–water partition coefficient (Wildman–Crippen LogP) is 5.03. The van der Waals surface area contributed by atoms with Crippen LogP contribution in [0.1, 0.15) is 57.1 Å². The van der Waals surface area contributed by atoms with E-state index in [0.29, 0.717) is 17.0 Å². The summed E-state index contributed by atoms with van der Waals surface area (Å²) in [6.45, 7) is 8.68. The number of nitrogens with one attached hydrogen (secondary N) is 1. The van der Waals surface area contributed by atoms with E-state index >= 15 is 0 Å². The Morgan fingerprint density at radius 2 is 1.69 bits per heavy atom. The number of tetrazole rings is 1. The molecule has 2 aromatic carbocycles. The first kappa shape index (κ1) is 21.0. The molecule has 152 valence electrons. The van der Waals surface area contributed by atoms with E-state index in [0.717, 1.165) is 17.8 Å². The van der Waals surface area contributed by atoms with Gasteiger partial charge in [-0.2, -0.15) is 4.68 Å². The molecule has 0 bridgehead atoms. The lowest BCUT2D eigenvalue weighted by Crippen LogP contribution is -2.14. The van der Waals surface area contributed by atoms with E-state index in [1.807, 2.05) is 24.3 Å². The molecule has 1 aromatic heterocycles. The standard InChI is InChI=1S/C22H27N5OS/c1-5-16(4)18-6-10-19(11-7-18)23-21(28)14-29-22-24-25-26-27(22)20-12-8-17(9-13-20)15(2)3/h6-13,15-16H,5,14H2,1-4H3,(H,23,28)/t16-/m1/s1. The van der Waals surface area contributed by atoms with Crippen molar-refractivity contribution in [3.8, 4) is 5.69 Å². The van der Waals surface area contributed by atoms with Gasteiger partial charge in [-0.15, -0.1) is 5.10 Å². The second-order valence-electron chi connectivity index (χ2n) is 7.39. The van der Waals surface area contributed by atoms with E-state index in [4.69, 9.17) is 0 Å². The normalized spacial score (nSPS) is 12.2. The number of carbonyl (C=O) groups is 1. The molecule has 3 aromatic rings. The smallest absolute Gasteiger partial charge is 0.234 e. The van der Waals surface area contributed by atoms with Crippen LogP contribution in [0.2, 0.25) is 0 Å². The Labute approximate surface area is 176 Å². The molecule has 29 heavy (non-hydrogen) atoms. The van der Waals surface area contributed by atoms with Gasteiger partial charge in [0.1, 0.15) is 0 Å². The van der Waals surface area contributed by atoms with Gasteiger partial charge in [0, 0.05) is 5.69 Å². The third-order valence-corrected chi connectivity index (χ3v) is 5.87. The summed E-state index contributed by atoms with van der Waals surface area (Å²) in [5.74, 6) is 1.13. The molecular weight excluding hydrogens is 382 g/mol. The SMILES string of the molecule is CC[C@@H](C)c1ccc(NC(=O)CSc2nnnn2-c2ccc(C(C)C)cc2)cc1. The zero-order chi connectivity index (χ0) is 20.8. The van der Waals surface area contributed by atoms with E-state index < -0.39 is 0 Å². The van der Waals surface area contributed by atoms with Gasteiger partial charge >= 0.3 is 0 Å². The molecule has 7 heteroatoms. The molecule has 1 amide bonds. The largest absolute Gasteiger partial charge is 0.325 e. The fraction of sp³-hybridized carbons (Fsp3) is 0.364. The van der Waals surface area contributed by atoms with Crippen molar-refractivity contribution in [2.75, 3.05) is 11.1 Å². The van der Waals surface area contributed by atoms with Crippen LogP contribution in [0.3, 0.4) is 0 Å². The lowest BCUT2D eigenvalue weighted by molar-refractivity contribution is -0.113. The monoisotopic (exact) mass is 409 g/mol. The average molecular weight is 410 g/mol. The van der Waals surface area contributed by atoms with Crippen molar-refractivity contribution < 1.29 is 4.79 Å². The number of amides is 1. The topological polar surface area (TPSA) is 72.7 Å². The number of hydrogen-bond acceptors (Lipinski definition) is 5. The number of anilines is 1. The van der Waals surface area contributed by atoms with Crippen molar-refractivity contribution in [1.82, 2.24) is 20.2 Å². The van der Waals surface area contributed by atoms with E-state index in [1.165, 1.54) is 22.9 Å². The third-order valence-electron chi connectivity index (χ3n) is 4.95. The highest BCUT2D eigenvalue weighted by molar-refractivity contribution is 7.99. The van der Waals surface area contributed by atoms with Crippen LogP contribution in [0.15, 0.2) is 53.7 Å². The van der Waals surface area contributed by atoms with Crippen molar-refractivity contribution in [2.24, 2.45) is 0 Å². The second-order valence-corrected chi connectivity index (χ2v) is 8.33. The first-order chi connectivity index (χ1) is 14.0. The molecule has 0 spiro atoms. The van der Waals surface area contributed by atoms with Crippen molar-refractivity contribution in [1.29, 1.82) is 0 Å². The number of benzene rings is 2. The fourth-order valence-electron chi connectivity index (χ4n) is 2.89. The maximum atomic E-state index is 12.3. The first-order valence-corrected chi connectivity index (χ1v) is 10.9. The Bertz CT molecular complexity index is 935. The van der Waals surface area contributed by atoms with Gasteiger partial charge < -0.3 is 5.32 Å². The second kappa shape index (κ2) is 9.69. The van der Waals surface area contributed by atoms with Crippen molar-refractivity contribution >= 4 is 23.4 Å². The molecule has 6 nitrogen and oxygen atoms in total. The molecule has 0 aliphatic rings. The summed E-state index contributed by atoms with van der Waals surface area (Å²) in [6.07, 6.45) is 1.09. The van der Waals surface area contributed by atoms with Gasteiger partial charge in [0.2, 0.25) is 11.1 Å². The highest BCUT2D eigenvalue weighted by Gasteiger charge is 2.12. The molecule has 0 radical (unpaired) electrons. The summed E-state index contributed by atoms with van der Waals surface area (Å²) in [6, 6.07) is 16.2. The fourth-order valence-corrected chi connectivity index (χ4v) is 3.58. The van der Waals surface area contributed by atoms with Gasteiger partial charge in [0.05, 0.1) is 11.4 Å². The van der Waals surface area contributed by atoms with Crippen LogP contribution < -0.4 is 5.32 Å². The molecule has 0 aliphatic carbocycles. The van der Waals surface area contributed by atoms with E-state index in [1.54, 1.807) is 4.68 Å². The molecule has 1 N–H and O–H groups in total. The summed E-state index contributed by atoms with van der Waals surface area (Å²) < 4.78 is 1.66. The van der Waals surface area contributed by atoms with Gasteiger partial charge in [-0.1, -0.05) is 63.7 Å². The average Bonchev–Trinajstić information content (AvgIpc) is 3.21. The molecule has 0 saturated heterocycles. The van der Waals surface area contributed by atoms with Crippen LogP contribution in [0.5, 0.6) is 0 Å². The minimum Gasteiger partial charge on any atom is -0.325 e. The minimum atomic E-state index is -0.0870. The summed E-state index contributed by atoms with van der Waals surface area (Å²) in [7, 11) is 0. The van der Waals surface area contributed by atoms with E-state index in [-0.39, 0.29) is 11.7 Å². The Kier molecular flexibility index (Phi) is 7.04. The molecule has 0 fully saturated rings. The van der Waals surface area contributed by atoms with Gasteiger partial charge in [0.25, 0.3) is 0 Å². The Hall–Kier alpha value is -2.67. The number of nitrogens with zero attached hydrogens (tertiary/aromatic N) is 4. The minimum absolute atomic E-state index is 0.0870. The van der Waals surface area contributed by atoms with Crippen molar-refractivity contribution in [3.05, 3.63) is 59.7 Å². The summed E-state index contributed by atoms with van der Waals surface area (Å²) in [5, 5.41) is 15.4. The number of aromatic nitrogens is 4. The summed E-state index contributed by atoms with van der Waals surface area (Å²) in [4.78, 5) is 12.3. The molecule has 1 atom stereocenters. The molecule has 0 aliphatic heterocycles. The molecular formula is C22H27N5OS. The van der Waals surface area contributed by atoms with E-state index in [2.05, 4.69) is 72.8 Å². The maximum absolute atomic E-state index is 12.3. The van der Waals surface area contributed by atoms with Gasteiger partial charge in [-0.25, -0.2) is 0 Å². The van der Waals surface area contributed by atoms with Crippen LogP contribution in [0, 0.1) is 0 Å². The third kappa shape index (κ3) is 5.44. The maximum Gasteiger partial charge on any atom is 0.234 e. The predicted molar refractivity (Wildman–Crippen MR) is 118 cm³/mol. The molecule has 0 unspecified atom stereocenters. The number of carbonyl (C=O) groups excluding carboxylic acids is 1. The lowest BCUT2D eigenvalue weighted by atomic mass is 9.99. The van der Waals surface area contributed by atoms with Gasteiger partial charge in [-0.3, -0.25) is 4.79 Å². The Balaban J connectivity index is 1.59.